The minimum atomic E-state index is -0.273. The lowest BCUT2D eigenvalue weighted by molar-refractivity contribution is 0.0770. The fourth-order valence-corrected chi connectivity index (χ4v) is 2.09. The molecule has 1 amide bonds. The Morgan fingerprint density at radius 1 is 1.23 bits per heavy atom. The minimum Gasteiger partial charge on any atom is -0.334 e. The van der Waals surface area contributed by atoms with Gasteiger partial charge in [-0.25, -0.2) is 0 Å². The average Bonchev–Trinajstić information content (AvgIpc) is 2.53. The number of rotatable bonds is 5. The van der Waals surface area contributed by atoms with Gasteiger partial charge in [-0.05, 0) is 32.0 Å². The third-order valence-corrected chi connectivity index (χ3v) is 3.15. The maximum atomic E-state index is 12.5. The normalized spacial score (nSPS) is 10.3. The number of aromatic nitrogens is 2. The highest BCUT2D eigenvalue weighted by Crippen LogP contribution is 2.06. The number of likely N-dealkylation sites (N-methyl/N-ethyl adjacent to an activating group) is 1. The fourth-order valence-electron chi connectivity index (χ4n) is 2.09. The summed E-state index contributed by atoms with van der Waals surface area (Å²) in [5.41, 5.74) is 1.49. The molecule has 0 fully saturated rings. The molecule has 5 nitrogen and oxygen atoms in total. The van der Waals surface area contributed by atoms with Gasteiger partial charge in [0.25, 0.3) is 11.5 Å². The van der Waals surface area contributed by atoms with E-state index in [1.165, 1.54) is 16.8 Å². The van der Waals surface area contributed by atoms with Gasteiger partial charge in [0, 0.05) is 19.2 Å². The maximum absolute atomic E-state index is 12.5. The maximum Gasteiger partial charge on any atom is 0.274 e. The van der Waals surface area contributed by atoms with Crippen LogP contribution in [-0.2, 0) is 0 Å². The predicted molar refractivity (Wildman–Crippen MR) is 86.2 cm³/mol. The van der Waals surface area contributed by atoms with Crippen LogP contribution in [0.15, 0.2) is 59.4 Å². The molecule has 22 heavy (non-hydrogen) atoms. The van der Waals surface area contributed by atoms with Crippen LogP contribution in [0, 0.1) is 0 Å². The van der Waals surface area contributed by atoms with Crippen molar-refractivity contribution in [2.45, 2.75) is 13.8 Å². The largest absolute Gasteiger partial charge is 0.334 e. The molecule has 2 aromatic rings. The van der Waals surface area contributed by atoms with Gasteiger partial charge < -0.3 is 4.90 Å². The Labute approximate surface area is 129 Å². The Morgan fingerprint density at radius 3 is 2.50 bits per heavy atom. The van der Waals surface area contributed by atoms with E-state index >= 15 is 0 Å². The zero-order valence-electron chi connectivity index (χ0n) is 12.8. The van der Waals surface area contributed by atoms with E-state index in [9.17, 15) is 9.59 Å². The first-order valence-electron chi connectivity index (χ1n) is 7.12. The number of hydrogen-bond acceptors (Lipinski definition) is 3. The van der Waals surface area contributed by atoms with E-state index in [4.69, 9.17) is 0 Å². The Balaban J connectivity index is 2.39. The fraction of sp³-hybridized carbons (Fsp3) is 0.235. The quantitative estimate of drug-likeness (QED) is 0.796. The zero-order valence-corrected chi connectivity index (χ0v) is 12.8. The van der Waals surface area contributed by atoms with Crippen LogP contribution in [0.2, 0.25) is 0 Å². The number of hydrogen-bond donors (Lipinski definition) is 0. The Bertz CT molecular complexity index is 735. The van der Waals surface area contributed by atoms with E-state index in [0.29, 0.717) is 18.8 Å². The van der Waals surface area contributed by atoms with Gasteiger partial charge in [-0.2, -0.15) is 9.78 Å². The smallest absolute Gasteiger partial charge is 0.274 e. The molecule has 0 bridgehead atoms. The standard InChI is InChI=1S/C17H19N3O2/c1-4-19(12-13(2)3)17(22)15-10-11-16(21)20(18-15)14-8-6-5-7-9-14/h5-11H,2,4,12H2,1,3H3. The summed E-state index contributed by atoms with van der Waals surface area (Å²) in [6.45, 7) is 8.62. The van der Waals surface area contributed by atoms with Crippen molar-refractivity contribution in [3.05, 3.63) is 70.7 Å². The third kappa shape index (κ3) is 3.49. The number of nitrogens with zero attached hydrogens (tertiary/aromatic N) is 3. The number of benzene rings is 1. The predicted octanol–water partition coefficient (Wildman–Crippen LogP) is 2.27. The molecule has 1 heterocycles. The first-order chi connectivity index (χ1) is 10.5. The van der Waals surface area contributed by atoms with Crippen LogP contribution in [0.1, 0.15) is 24.3 Å². The second kappa shape index (κ2) is 6.85. The van der Waals surface area contributed by atoms with E-state index < -0.39 is 0 Å². The lowest BCUT2D eigenvalue weighted by Gasteiger charge is -2.20. The van der Waals surface area contributed by atoms with Crippen LogP contribution < -0.4 is 5.56 Å². The van der Waals surface area contributed by atoms with E-state index in [1.807, 2.05) is 32.0 Å². The molecular weight excluding hydrogens is 278 g/mol. The topological polar surface area (TPSA) is 55.2 Å². The molecule has 0 atom stereocenters. The molecule has 0 saturated carbocycles. The minimum absolute atomic E-state index is 0.213. The molecule has 0 unspecified atom stereocenters. The molecule has 0 aliphatic heterocycles. The molecule has 0 spiro atoms. The number of para-hydroxylation sites is 1. The molecule has 2 rings (SSSR count). The molecule has 0 radical (unpaired) electrons. The first kappa shape index (κ1) is 15.7. The van der Waals surface area contributed by atoms with Crippen molar-refractivity contribution in [1.82, 2.24) is 14.7 Å². The summed E-state index contributed by atoms with van der Waals surface area (Å²) < 4.78 is 1.24. The van der Waals surface area contributed by atoms with Gasteiger partial charge in [0.1, 0.15) is 5.69 Å². The van der Waals surface area contributed by atoms with Crippen molar-refractivity contribution in [3.8, 4) is 5.69 Å². The van der Waals surface area contributed by atoms with Gasteiger partial charge in [0.15, 0.2) is 0 Å². The first-order valence-corrected chi connectivity index (χ1v) is 7.12. The third-order valence-electron chi connectivity index (χ3n) is 3.15. The van der Waals surface area contributed by atoms with Gasteiger partial charge in [-0.3, -0.25) is 9.59 Å². The molecule has 0 saturated heterocycles. The zero-order chi connectivity index (χ0) is 16.1. The SMILES string of the molecule is C=C(C)CN(CC)C(=O)c1ccc(=O)n(-c2ccccc2)n1. The van der Waals surface area contributed by atoms with Gasteiger partial charge >= 0.3 is 0 Å². The van der Waals surface area contributed by atoms with Crippen LogP contribution in [0.4, 0.5) is 0 Å². The van der Waals surface area contributed by atoms with Crippen LogP contribution >= 0.6 is 0 Å². The van der Waals surface area contributed by atoms with Crippen molar-refractivity contribution >= 4 is 5.91 Å². The molecule has 0 N–H and O–H groups in total. The summed E-state index contributed by atoms with van der Waals surface area (Å²) in [6.07, 6.45) is 0. The van der Waals surface area contributed by atoms with Crippen molar-refractivity contribution < 1.29 is 4.79 Å². The number of carbonyl (C=O) groups excluding carboxylic acids is 1. The highest BCUT2D eigenvalue weighted by Gasteiger charge is 2.17. The molecule has 0 aliphatic carbocycles. The van der Waals surface area contributed by atoms with E-state index in [1.54, 1.807) is 17.0 Å². The monoisotopic (exact) mass is 297 g/mol. The van der Waals surface area contributed by atoms with Gasteiger partial charge in [-0.1, -0.05) is 30.4 Å². The lowest BCUT2D eigenvalue weighted by atomic mass is 10.2. The Morgan fingerprint density at radius 2 is 1.91 bits per heavy atom. The van der Waals surface area contributed by atoms with Gasteiger partial charge in [0.2, 0.25) is 0 Å². The lowest BCUT2D eigenvalue weighted by Crippen LogP contribution is -2.34. The summed E-state index contributed by atoms with van der Waals surface area (Å²) in [7, 11) is 0. The molecule has 5 heteroatoms. The Kier molecular flexibility index (Phi) is 4.88. The van der Waals surface area contributed by atoms with Crippen LogP contribution in [-0.4, -0.2) is 33.7 Å². The van der Waals surface area contributed by atoms with Crippen LogP contribution in [0.5, 0.6) is 0 Å². The molecule has 1 aromatic carbocycles. The highest BCUT2D eigenvalue weighted by molar-refractivity contribution is 5.92. The van der Waals surface area contributed by atoms with Gasteiger partial charge in [0.05, 0.1) is 5.69 Å². The van der Waals surface area contributed by atoms with E-state index in [2.05, 4.69) is 11.7 Å². The van der Waals surface area contributed by atoms with Crippen molar-refractivity contribution in [3.63, 3.8) is 0 Å². The molecule has 1 aromatic heterocycles. The summed E-state index contributed by atoms with van der Waals surface area (Å²) in [6, 6.07) is 11.9. The van der Waals surface area contributed by atoms with Crippen molar-refractivity contribution in [2.24, 2.45) is 0 Å². The van der Waals surface area contributed by atoms with E-state index in [-0.39, 0.29) is 17.2 Å². The average molecular weight is 297 g/mol. The van der Waals surface area contributed by atoms with E-state index in [0.717, 1.165) is 5.57 Å². The summed E-state index contributed by atoms with van der Waals surface area (Å²) >= 11 is 0. The Hall–Kier alpha value is -2.69. The summed E-state index contributed by atoms with van der Waals surface area (Å²) in [5, 5.41) is 4.20. The second-order valence-corrected chi connectivity index (χ2v) is 5.08. The highest BCUT2D eigenvalue weighted by atomic mass is 16.2. The van der Waals surface area contributed by atoms with Crippen LogP contribution in [0.25, 0.3) is 5.69 Å². The van der Waals surface area contributed by atoms with Gasteiger partial charge in [-0.15, -0.1) is 0 Å². The van der Waals surface area contributed by atoms with Crippen molar-refractivity contribution in [2.75, 3.05) is 13.1 Å². The molecule has 0 aliphatic rings. The summed E-state index contributed by atoms with van der Waals surface area (Å²) in [4.78, 5) is 26.1. The molecule has 114 valence electrons. The van der Waals surface area contributed by atoms with Crippen LogP contribution in [0.3, 0.4) is 0 Å². The second-order valence-electron chi connectivity index (χ2n) is 5.08. The van der Waals surface area contributed by atoms with Crippen molar-refractivity contribution in [1.29, 1.82) is 0 Å². The summed E-state index contributed by atoms with van der Waals surface area (Å²) in [5.74, 6) is -0.213. The number of carbonyl (C=O) groups is 1. The number of amides is 1. The molecular formula is C17H19N3O2.